The SMILES string of the molecule is C/C=C(/C(=O)C1COc2ccc(C)cc2C1)c1ccc(Br)cc1C(C)CC. The second kappa shape index (κ2) is 8.43. The van der Waals surface area contributed by atoms with Crippen molar-refractivity contribution in [3.63, 3.8) is 0 Å². The average molecular weight is 427 g/mol. The lowest BCUT2D eigenvalue weighted by Crippen LogP contribution is -2.29. The van der Waals surface area contributed by atoms with Gasteiger partial charge in [0.15, 0.2) is 5.78 Å². The highest BCUT2D eigenvalue weighted by molar-refractivity contribution is 9.10. The Morgan fingerprint density at radius 3 is 2.78 bits per heavy atom. The van der Waals surface area contributed by atoms with E-state index in [0.29, 0.717) is 12.5 Å². The first-order valence-electron chi connectivity index (χ1n) is 9.67. The van der Waals surface area contributed by atoms with Crippen molar-refractivity contribution in [3.05, 3.63) is 69.2 Å². The van der Waals surface area contributed by atoms with Crippen LogP contribution in [0.2, 0.25) is 0 Å². The van der Waals surface area contributed by atoms with Crippen LogP contribution in [-0.2, 0) is 11.2 Å². The Hall–Kier alpha value is -1.87. The standard InChI is InChI=1S/C24H27BrO2/c1-5-16(4)22-13-19(25)8-9-21(22)20(6-2)24(26)18-12-17-11-15(3)7-10-23(17)27-14-18/h6-11,13,16,18H,5,12,14H2,1-4H3/b20-6+. The number of carbonyl (C=O) groups excluding carboxylic acids is 1. The molecule has 0 bridgehead atoms. The minimum atomic E-state index is -0.140. The molecule has 2 atom stereocenters. The predicted octanol–water partition coefficient (Wildman–Crippen LogP) is 6.49. The van der Waals surface area contributed by atoms with Crippen molar-refractivity contribution in [3.8, 4) is 5.75 Å². The van der Waals surface area contributed by atoms with Crippen LogP contribution in [0.5, 0.6) is 5.75 Å². The van der Waals surface area contributed by atoms with Gasteiger partial charge in [-0.1, -0.05) is 59.6 Å². The minimum Gasteiger partial charge on any atom is -0.493 e. The quantitative estimate of drug-likeness (QED) is 0.510. The van der Waals surface area contributed by atoms with E-state index in [1.165, 1.54) is 11.1 Å². The van der Waals surface area contributed by atoms with Crippen molar-refractivity contribution >= 4 is 27.3 Å². The number of hydrogen-bond donors (Lipinski definition) is 0. The third-order valence-corrected chi connectivity index (χ3v) is 5.99. The number of hydrogen-bond acceptors (Lipinski definition) is 2. The molecule has 0 spiro atoms. The first-order chi connectivity index (χ1) is 12.9. The summed E-state index contributed by atoms with van der Waals surface area (Å²) in [5.74, 6) is 1.34. The van der Waals surface area contributed by atoms with Crippen LogP contribution in [0.15, 0.2) is 46.9 Å². The molecule has 2 aromatic carbocycles. The van der Waals surface area contributed by atoms with E-state index in [2.05, 4.69) is 61.0 Å². The van der Waals surface area contributed by atoms with Crippen LogP contribution in [-0.4, -0.2) is 12.4 Å². The fourth-order valence-corrected chi connectivity index (χ4v) is 4.13. The van der Waals surface area contributed by atoms with Gasteiger partial charge >= 0.3 is 0 Å². The number of aryl methyl sites for hydroxylation is 1. The van der Waals surface area contributed by atoms with Crippen LogP contribution in [0.25, 0.3) is 5.57 Å². The van der Waals surface area contributed by atoms with Gasteiger partial charge < -0.3 is 4.74 Å². The van der Waals surface area contributed by atoms with Crippen LogP contribution in [0.3, 0.4) is 0 Å². The van der Waals surface area contributed by atoms with Crippen molar-refractivity contribution in [2.45, 2.75) is 46.5 Å². The second-order valence-corrected chi connectivity index (χ2v) is 8.35. The summed E-state index contributed by atoms with van der Waals surface area (Å²) in [6.07, 6.45) is 3.74. The molecule has 3 heteroatoms. The van der Waals surface area contributed by atoms with Crippen LogP contribution in [0, 0.1) is 12.8 Å². The van der Waals surface area contributed by atoms with Gasteiger partial charge in [-0.2, -0.15) is 0 Å². The topological polar surface area (TPSA) is 26.3 Å². The molecule has 2 nitrogen and oxygen atoms in total. The number of ketones is 1. The molecule has 2 aromatic rings. The molecule has 0 radical (unpaired) electrons. The molecule has 0 saturated carbocycles. The van der Waals surface area contributed by atoms with Crippen LogP contribution in [0.1, 0.15) is 55.4 Å². The first-order valence-corrected chi connectivity index (χ1v) is 10.5. The number of allylic oxidation sites excluding steroid dienone is 2. The highest BCUT2D eigenvalue weighted by Crippen LogP contribution is 2.35. The Kier molecular flexibility index (Phi) is 6.21. The molecular formula is C24H27BrO2. The van der Waals surface area contributed by atoms with Crippen molar-refractivity contribution in [1.82, 2.24) is 0 Å². The maximum absolute atomic E-state index is 13.4. The summed E-state index contributed by atoms with van der Waals surface area (Å²) in [6.45, 7) is 8.87. The monoisotopic (exact) mass is 426 g/mol. The van der Waals surface area contributed by atoms with Crippen molar-refractivity contribution < 1.29 is 9.53 Å². The molecule has 0 fully saturated rings. The molecular weight excluding hydrogens is 400 g/mol. The van der Waals surface area contributed by atoms with Gasteiger partial charge in [-0.15, -0.1) is 0 Å². The van der Waals surface area contributed by atoms with Crippen LogP contribution in [0.4, 0.5) is 0 Å². The van der Waals surface area contributed by atoms with E-state index in [4.69, 9.17) is 4.74 Å². The number of halogens is 1. The Balaban J connectivity index is 1.92. The largest absolute Gasteiger partial charge is 0.493 e. The number of carbonyl (C=O) groups is 1. The van der Waals surface area contributed by atoms with E-state index in [1.807, 2.05) is 25.1 Å². The van der Waals surface area contributed by atoms with Gasteiger partial charge in [0.2, 0.25) is 0 Å². The number of rotatable bonds is 5. The highest BCUT2D eigenvalue weighted by Gasteiger charge is 2.29. The van der Waals surface area contributed by atoms with E-state index in [-0.39, 0.29) is 11.7 Å². The highest BCUT2D eigenvalue weighted by atomic mass is 79.9. The van der Waals surface area contributed by atoms with Gasteiger partial charge in [-0.25, -0.2) is 0 Å². The van der Waals surface area contributed by atoms with Gasteiger partial charge in [-0.3, -0.25) is 4.79 Å². The Bertz CT molecular complexity index is 882. The molecule has 27 heavy (non-hydrogen) atoms. The summed E-state index contributed by atoms with van der Waals surface area (Å²) < 4.78 is 6.96. The summed E-state index contributed by atoms with van der Waals surface area (Å²) >= 11 is 3.58. The molecule has 2 unspecified atom stereocenters. The molecule has 0 saturated heterocycles. The summed E-state index contributed by atoms with van der Waals surface area (Å²) in [7, 11) is 0. The zero-order valence-electron chi connectivity index (χ0n) is 16.5. The summed E-state index contributed by atoms with van der Waals surface area (Å²) in [6, 6.07) is 12.4. The Morgan fingerprint density at radius 2 is 2.07 bits per heavy atom. The van der Waals surface area contributed by atoms with E-state index >= 15 is 0 Å². The Labute approximate surface area is 170 Å². The number of Topliss-reactive ketones (excluding diaryl/α,β-unsaturated/α-hetero) is 1. The van der Waals surface area contributed by atoms with Crippen molar-refractivity contribution in [2.75, 3.05) is 6.61 Å². The summed E-state index contributed by atoms with van der Waals surface area (Å²) in [5, 5.41) is 0. The lowest BCUT2D eigenvalue weighted by molar-refractivity contribution is -0.118. The number of ether oxygens (including phenoxy) is 1. The van der Waals surface area contributed by atoms with Crippen molar-refractivity contribution in [1.29, 1.82) is 0 Å². The number of fused-ring (bicyclic) bond motifs is 1. The Morgan fingerprint density at radius 1 is 1.30 bits per heavy atom. The van der Waals surface area contributed by atoms with Crippen LogP contribution < -0.4 is 4.74 Å². The third kappa shape index (κ3) is 4.19. The molecule has 1 aliphatic rings. The molecule has 0 N–H and O–H groups in total. The minimum absolute atomic E-state index is 0.140. The smallest absolute Gasteiger partial charge is 0.169 e. The lowest BCUT2D eigenvalue weighted by Gasteiger charge is -2.26. The van der Waals surface area contributed by atoms with Gasteiger partial charge in [0.05, 0.1) is 12.5 Å². The maximum atomic E-state index is 13.4. The molecule has 3 rings (SSSR count). The summed E-state index contributed by atoms with van der Waals surface area (Å²) in [5.41, 5.74) is 5.41. The lowest BCUT2D eigenvalue weighted by atomic mass is 9.83. The fourth-order valence-electron chi connectivity index (χ4n) is 3.75. The fraction of sp³-hybridized carbons (Fsp3) is 0.375. The average Bonchev–Trinajstić information content (AvgIpc) is 2.68. The molecule has 0 amide bonds. The van der Waals surface area contributed by atoms with Gasteiger partial charge in [0.1, 0.15) is 5.75 Å². The zero-order valence-corrected chi connectivity index (χ0v) is 18.1. The van der Waals surface area contributed by atoms with Gasteiger partial charge in [0, 0.05) is 10.0 Å². The van der Waals surface area contributed by atoms with Crippen LogP contribution >= 0.6 is 15.9 Å². The molecule has 0 aromatic heterocycles. The van der Waals surface area contributed by atoms with Gasteiger partial charge in [-0.05, 0) is 67.5 Å². The zero-order chi connectivity index (χ0) is 19.6. The third-order valence-electron chi connectivity index (χ3n) is 5.49. The molecule has 1 aliphatic heterocycles. The first kappa shape index (κ1) is 19.9. The van der Waals surface area contributed by atoms with E-state index in [0.717, 1.165) is 39.8 Å². The van der Waals surface area contributed by atoms with Gasteiger partial charge in [0.25, 0.3) is 0 Å². The van der Waals surface area contributed by atoms with Crippen molar-refractivity contribution in [2.24, 2.45) is 5.92 Å². The number of benzene rings is 2. The van der Waals surface area contributed by atoms with E-state index < -0.39 is 0 Å². The molecule has 142 valence electrons. The molecule has 0 aliphatic carbocycles. The predicted molar refractivity (Wildman–Crippen MR) is 115 cm³/mol. The maximum Gasteiger partial charge on any atom is 0.169 e. The van der Waals surface area contributed by atoms with E-state index in [9.17, 15) is 4.79 Å². The normalized spacial score (nSPS) is 17.8. The second-order valence-electron chi connectivity index (χ2n) is 7.43. The summed E-state index contributed by atoms with van der Waals surface area (Å²) in [4.78, 5) is 13.4. The molecule has 1 heterocycles. The van der Waals surface area contributed by atoms with E-state index in [1.54, 1.807) is 0 Å².